The van der Waals surface area contributed by atoms with Crippen LogP contribution in [-0.4, -0.2) is 48.2 Å². The second-order valence-corrected chi connectivity index (χ2v) is 8.99. The number of benzene rings is 1. The van der Waals surface area contributed by atoms with Crippen molar-refractivity contribution in [3.63, 3.8) is 0 Å². The van der Waals surface area contributed by atoms with Gasteiger partial charge >= 0.3 is 0 Å². The number of rotatable bonds is 9. The first-order valence-corrected chi connectivity index (χ1v) is 11.7. The zero-order chi connectivity index (χ0) is 26.9. The van der Waals surface area contributed by atoms with E-state index in [9.17, 15) is 26.7 Å². The van der Waals surface area contributed by atoms with Crippen LogP contribution in [0.1, 0.15) is 72.8 Å². The predicted molar refractivity (Wildman–Crippen MR) is 121 cm³/mol. The number of anilines is 1. The summed E-state index contributed by atoms with van der Waals surface area (Å²) in [5.41, 5.74) is -0.490. The van der Waals surface area contributed by atoms with Gasteiger partial charge in [-0.15, -0.1) is 0 Å². The highest BCUT2D eigenvalue weighted by Gasteiger charge is 2.47. The number of nitrogens with one attached hydrogen (secondary N) is 2. The first kappa shape index (κ1) is 27.1. The number of alkyl halides is 4. The lowest BCUT2D eigenvalue weighted by atomic mass is 9.88. The number of halogens is 5. The molecule has 0 bridgehead atoms. The van der Waals surface area contributed by atoms with Crippen LogP contribution in [-0.2, 0) is 19.0 Å². The van der Waals surface area contributed by atoms with Crippen LogP contribution in [0.5, 0.6) is 0 Å². The zero-order valence-electron chi connectivity index (χ0n) is 20.4. The summed E-state index contributed by atoms with van der Waals surface area (Å²) in [6.45, 7) is 3.58. The first-order valence-electron chi connectivity index (χ1n) is 11.7. The summed E-state index contributed by atoms with van der Waals surface area (Å²) < 4.78 is 84.5. The number of aryl methyl sites for hydroxylation is 1. The minimum absolute atomic E-state index is 0.0261. The molecule has 1 aliphatic heterocycles. The molecule has 37 heavy (non-hydrogen) atoms. The fourth-order valence-corrected chi connectivity index (χ4v) is 4.41. The molecule has 1 aliphatic carbocycles. The highest BCUT2D eigenvalue weighted by molar-refractivity contribution is 5.83. The minimum Gasteiger partial charge on any atom is -0.365 e. The van der Waals surface area contributed by atoms with Crippen LogP contribution in [0.4, 0.5) is 27.8 Å². The monoisotopic (exact) mass is 530 g/mol. The van der Waals surface area contributed by atoms with E-state index < -0.39 is 67.0 Å². The van der Waals surface area contributed by atoms with Gasteiger partial charge in [-0.2, -0.15) is 0 Å². The Morgan fingerprint density at radius 2 is 1.81 bits per heavy atom. The van der Waals surface area contributed by atoms with Gasteiger partial charge in [0.2, 0.25) is 0 Å². The molecular formula is C24H27F5N4O4. The smallest absolute Gasteiger partial charge is 0.266 e. The summed E-state index contributed by atoms with van der Waals surface area (Å²) in [7, 11) is 1.26. The molecule has 2 N–H and O–H groups in total. The van der Waals surface area contributed by atoms with Crippen molar-refractivity contribution in [1.82, 2.24) is 15.3 Å². The van der Waals surface area contributed by atoms with Gasteiger partial charge in [-0.05, 0) is 13.8 Å². The van der Waals surface area contributed by atoms with Crippen molar-refractivity contribution in [3.05, 3.63) is 52.2 Å². The van der Waals surface area contributed by atoms with Gasteiger partial charge in [0.25, 0.3) is 18.3 Å². The van der Waals surface area contributed by atoms with Gasteiger partial charge in [0.15, 0.2) is 12.4 Å². The Bertz CT molecular complexity index is 1140. The molecule has 202 valence electrons. The molecule has 2 atom stereocenters. The molecule has 2 fully saturated rings. The number of carbonyl (C=O) groups excluding carboxylic acids is 1. The number of aromatic nitrogens is 2. The Kier molecular flexibility index (Phi) is 7.95. The molecule has 4 rings (SSSR count). The van der Waals surface area contributed by atoms with E-state index >= 15 is 0 Å². The summed E-state index contributed by atoms with van der Waals surface area (Å²) in [4.78, 5) is 21.7. The van der Waals surface area contributed by atoms with Gasteiger partial charge < -0.3 is 24.8 Å². The van der Waals surface area contributed by atoms with Gasteiger partial charge in [0, 0.05) is 31.6 Å². The van der Waals surface area contributed by atoms with Crippen molar-refractivity contribution in [3.8, 4) is 0 Å². The summed E-state index contributed by atoms with van der Waals surface area (Å²) in [5, 5.41) is 5.54. The Morgan fingerprint density at radius 3 is 2.41 bits per heavy atom. The minimum atomic E-state index is -2.99. The molecular weight excluding hydrogens is 503 g/mol. The first-order chi connectivity index (χ1) is 17.5. The van der Waals surface area contributed by atoms with Crippen LogP contribution in [0.2, 0.25) is 0 Å². The fourth-order valence-electron chi connectivity index (χ4n) is 4.41. The maximum atomic E-state index is 14.8. The molecule has 1 saturated carbocycles. The van der Waals surface area contributed by atoms with Crippen LogP contribution >= 0.6 is 0 Å². The van der Waals surface area contributed by atoms with E-state index in [4.69, 9.17) is 14.2 Å². The van der Waals surface area contributed by atoms with Crippen molar-refractivity contribution in [2.24, 2.45) is 0 Å². The van der Waals surface area contributed by atoms with Crippen LogP contribution < -0.4 is 10.6 Å². The Balaban J connectivity index is 1.69. The van der Waals surface area contributed by atoms with Crippen LogP contribution in [0.3, 0.4) is 0 Å². The molecule has 1 amide bonds. The van der Waals surface area contributed by atoms with E-state index in [2.05, 4.69) is 20.6 Å². The molecule has 1 aromatic heterocycles. The van der Waals surface area contributed by atoms with Crippen molar-refractivity contribution >= 4 is 11.7 Å². The summed E-state index contributed by atoms with van der Waals surface area (Å²) in [6.07, 6.45) is -6.29. The average Bonchev–Trinajstić information content (AvgIpc) is 3.32. The van der Waals surface area contributed by atoms with Gasteiger partial charge in [-0.3, -0.25) is 4.79 Å². The van der Waals surface area contributed by atoms with Crippen LogP contribution in [0, 0.1) is 12.7 Å². The lowest BCUT2D eigenvalue weighted by Crippen LogP contribution is -2.51. The Morgan fingerprint density at radius 1 is 1.16 bits per heavy atom. The standard InChI is InChI=1S/C24H27F5N4O4/c1-11(14-5-4-6-15(17(14)25)20(26)27)30-21-16(23-36-7-8-37-23)18(31-12(2)32-21)19(35-3)22(34)33-13-9-24(28,29)10-13/h4-6,11,13,19-20,23H,7-10H2,1-3H3,(H,33,34)(H,30,31,32)/t11-,19?/m1/s1. The number of hydrogen-bond acceptors (Lipinski definition) is 7. The van der Waals surface area contributed by atoms with Crippen molar-refractivity contribution in [1.29, 1.82) is 0 Å². The van der Waals surface area contributed by atoms with Gasteiger partial charge in [0.05, 0.1) is 36.1 Å². The van der Waals surface area contributed by atoms with E-state index in [0.29, 0.717) is 0 Å². The number of hydrogen-bond donors (Lipinski definition) is 2. The van der Waals surface area contributed by atoms with Gasteiger partial charge in [-0.25, -0.2) is 31.9 Å². The number of carbonyl (C=O) groups is 1. The second-order valence-electron chi connectivity index (χ2n) is 8.99. The highest BCUT2D eigenvalue weighted by atomic mass is 19.3. The normalized spacial score (nSPS) is 19.5. The van der Waals surface area contributed by atoms with Crippen molar-refractivity contribution in [2.45, 2.75) is 63.5 Å². The maximum Gasteiger partial charge on any atom is 0.266 e. The summed E-state index contributed by atoms with van der Waals surface area (Å²) in [6, 6.07) is 2.15. The largest absolute Gasteiger partial charge is 0.365 e. The van der Waals surface area contributed by atoms with Crippen molar-refractivity contribution < 1.29 is 41.0 Å². The Labute approximate surface area is 209 Å². The number of ether oxygens (including phenoxy) is 3. The maximum absolute atomic E-state index is 14.8. The third kappa shape index (κ3) is 5.83. The Hall–Kier alpha value is -2.90. The molecule has 2 heterocycles. The SMILES string of the molecule is COC(C(=O)NC1CC(F)(F)C1)c1nc(C)nc(N[C@H](C)c2cccc(C(F)F)c2F)c1C1OCCO1. The molecule has 13 heteroatoms. The molecule has 1 unspecified atom stereocenters. The van der Waals surface area contributed by atoms with Crippen LogP contribution in [0.15, 0.2) is 18.2 Å². The third-order valence-electron chi connectivity index (χ3n) is 6.22. The van der Waals surface area contributed by atoms with Crippen molar-refractivity contribution in [2.75, 3.05) is 25.6 Å². The molecule has 1 aromatic carbocycles. The molecule has 2 aromatic rings. The molecule has 8 nitrogen and oxygen atoms in total. The second kappa shape index (κ2) is 10.8. The quantitative estimate of drug-likeness (QED) is 0.455. The third-order valence-corrected chi connectivity index (χ3v) is 6.22. The van der Waals surface area contributed by atoms with E-state index in [-0.39, 0.29) is 41.7 Å². The van der Waals surface area contributed by atoms with Gasteiger partial charge in [0.1, 0.15) is 17.5 Å². The number of amides is 1. The van der Waals surface area contributed by atoms with Crippen LogP contribution in [0.25, 0.3) is 0 Å². The fraction of sp³-hybridized carbons (Fsp3) is 0.542. The van der Waals surface area contributed by atoms with E-state index in [1.807, 2.05) is 0 Å². The lowest BCUT2D eigenvalue weighted by Gasteiger charge is -2.36. The number of methoxy groups -OCH3 is 1. The van der Waals surface area contributed by atoms with E-state index in [1.54, 1.807) is 13.8 Å². The van der Waals surface area contributed by atoms with Gasteiger partial charge in [-0.1, -0.05) is 18.2 Å². The number of nitrogens with zero attached hydrogens (tertiary/aromatic N) is 2. The molecule has 2 aliphatic rings. The zero-order valence-corrected chi connectivity index (χ0v) is 20.4. The molecule has 0 radical (unpaired) electrons. The average molecular weight is 530 g/mol. The highest BCUT2D eigenvalue weighted by Crippen LogP contribution is 2.39. The summed E-state index contributed by atoms with van der Waals surface area (Å²) in [5.74, 6) is -4.24. The molecule has 0 spiro atoms. The predicted octanol–water partition coefficient (Wildman–Crippen LogP) is 4.68. The topological polar surface area (TPSA) is 94.6 Å². The summed E-state index contributed by atoms with van der Waals surface area (Å²) >= 11 is 0. The molecule has 1 saturated heterocycles. The van der Waals surface area contributed by atoms with E-state index in [0.717, 1.165) is 6.07 Å². The van der Waals surface area contributed by atoms with E-state index in [1.165, 1.54) is 19.2 Å². The lowest BCUT2D eigenvalue weighted by molar-refractivity contribution is -0.139.